The summed E-state index contributed by atoms with van der Waals surface area (Å²) < 4.78 is 60.3. The highest BCUT2D eigenvalue weighted by Gasteiger charge is 2.47. The molecule has 2 N–H and O–H groups in total. The summed E-state index contributed by atoms with van der Waals surface area (Å²) in [5, 5.41) is 23.9. The number of nitro benzene ring substituents is 1. The summed E-state index contributed by atoms with van der Waals surface area (Å²) in [5.41, 5.74) is -7.54. The van der Waals surface area contributed by atoms with Crippen LogP contribution in [0, 0.1) is 10.1 Å². The monoisotopic (exact) mass is 368 g/mol. The number of anilines is 1. The van der Waals surface area contributed by atoms with E-state index in [1.165, 1.54) is 0 Å². The summed E-state index contributed by atoms with van der Waals surface area (Å²) in [6.07, 6.45) is 2.63. The third-order valence-electron chi connectivity index (χ3n) is 3.92. The molecule has 0 aliphatic heterocycles. The Hall–Kier alpha value is -1.88. The lowest BCUT2D eigenvalue weighted by Crippen LogP contribution is -2.33. The summed E-state index contributed by atoms with van der Waals surface area (Å²) >= 11 is 0. The van der Waals surface area contributed by atoms with E-state index in [2.05, 4.69) is 5.32 Å². The topological polar surface area (TPSA) is 110 Å². The number of hydrogen-bond donors (Lipinski definition) is 2. The first-order valence-electron chi connectivity index (χ1n) is 7.02. The second-order valence-electron chi connectivity index (χ2n) is 5.67. The number of nitro groups is 1. The van der Waals surface area contributed by atoms with Crippen molar-refractivity contribution >= 4 is 21.2 Å². The lowest BCUT2D eigenvalue weighted by molar-refractivity contribution is -0.384. The minimum Gasteiger partial charge on any atom is -0.388 e. The standard InChI is InChI=1S/C13H15F3N2O5S/c14-13(15,16)24(22,23)9-3-4-10(11(7-9)18(20)21)17-8-12(19)5-1-2-6-12/h3-4,7,17,19H,1-2,5-6,8H2. The van der Waals surface area contributed by atoms with Gasteiger partial charge in [-0.3, -0.25) is 10.1 Å². The van der Waals surface area contributed by atoms with Crippen LogP contribution in [0.15, 0.2) is 23.1 Å². The van der Waals surface area contributed by atoms with Gasteiger partial charge in [0, 0.05) is 12.6 Å². The Morgan fingerprint density at radius 1 is 1.29 bits per heavy atom. The second-order valence-corrected chi connectivity index (χ2v) is 7.61. The number of aliphatic hydroxyl groups is 1. The van der Waals surface area contributed by atoms with E-state index in [-0.39, 0.29) is 12.2 Å². The van der Waals surface area contributed by atoms with Gasteiger partial charge in [0.2, 0.25) is 0 Å². The minimum atomic E-state index is -5.67. The van der Waals surface area contributed by atoms with Crippen LogP contribution in [-0.4, -0.2) is 36.1 Å². The fourth-order valence-corrected chi connectivity index (χ4v) is 3.36. The van der Waals surface area contributed by atoms with Gasteiger partial charge in [-0.2, -0.15) is 13.2 Å². The highest BCUT2D eigenvalue weighted by molar-refractivity contribution is 7.92. The van der Waals surface area contributed by atoms with Gasteiger partial charge in [0.15, 0.2) is 0 Å². The van der Waals surface area contributed by atoms with Crippen molar-refractivity contribution in [3.8, 4) is 0 Å². The van der Waals surface area contributed by atoms with Crippen molar-refractivity contribution < 1.29 is 31.6 Å². The average molecular weight is 368 g/mol. The predicted octanol–water partition coefficient (Wildman–Crippen LogP) is 2.61. The molecular formula is C13H15F3N2O5S. The third-order valence-corrected chi connectivity index (χ3v) is 5.41. The Morgan fingerprint density at radius 2 is 1.88 bits per heavy atom. The molecule has 11 heteroatoms. The number of nitrogens with zero attached hydrogens (tertiary/aromatic N) is 1. The van der Waals surface area contributed by atoms with Crippen LogP contribution in [0.3, 0.4) is 0 Å². The molecular weight excluding hydrogens is 353 g/mol. The summed E-state index contributed by atoms with van der Waals surface area (Å²) in [5.74, 6) is 0. The zero-order valence-electron chi connectivity index (χ0n) is 12.3. The van der Waals surface area contributed by atoms with Crippen LogP contribution in [-0.2, 0) is 9.84 Å². The van der Waals surface area contributed by atoms with Gasteiger partial charge in [-0.1, -0.05) is 12.8 Å². The normalized spacial score (nSPS) is 17.7. The van der Waals surface area contributed by atoms with Gasteiger partial charge in [0.25, 0.3) is 15.5 Å². The van der Waals surface area contributed by atoms with Crippen LogP contribution in [0.1, 0.15) is 25.7 Å². The molecule has 1 aliphatic carbocycles. The van der Waals surface area contributed by atoms with Crippen LogP contribution < -0.4 is 5.32 Å². The first-order chi connectivity index (χ1) is 11.0. The molecule has 0 unspecified atom stereocenters. The van der Waals surface area contributed by atoms with E-state index < -0.39 is 36.5 Å². The lowest BCUT2D eigenvalue weighted by atomic mass is 10.0. The molecule has 2 rings (SSSR count). The van der Waals surface area contributed by atoms with Crippen molar-refractivity contribution in [3.63, 3.8) is 0 Å². The van der Waals surface area contributed by atoms with Gasteiger partial charge < -0.3 is 10.4 Å². The molecule has 1 saturated carbocycles. The van der Waals surface area contributed by atoms with Gasteiger partial charge in [0.05, 0.1) is 15.4 Å². The number of hydrogen-bond acceptors (Lipinski definition) is 6. The predicted molar refractivity (Wildman–Crippen MR) is 78.2 cm³/mol. The van der Waals surface area contributed by atoms with Crippen molar-refractivity contribution in [2.24, 2.45) is 0 Å². The summed E-state index contributed by atoms with van der Waals surface area (Å²) in [7, 11) is -5.67. The smallest absolute Gasteiger partial charge is 0.388 e. The van der Waals surface area contributed by atoms with Gasteiger partial charge in [-0.25, -0.2) is 8.42 Å². The Kier molecular flexibility index (Phi) is 4.77. The molecule has 0 spiro atoms. The third kappa shape index (κ3) is 3.61. The average Bonchev–Trinajstić information content (AvgIpc) is 2.91. The summed E-state index contributed by atoms with van der Waals surface area (Å²) in [6, 6.07) is 1.91. The van der Waals surface area contributed by atoms with Gasteiger partial charge >= 0.3 is 5.51 Å². The van der Waals surface area contributed by atoms with E-state index in [1.54, 1.807) is 0 Å². The Labute approximate surface area is 135 Å². The lowest BCUT2D eigenvalue weighted by Gasteiger charge is -2.23. The van der Waals surface area contributed by atoms with Crippen LogP contribution in [0.5, 0.6) is 0 Å². The maximum atomic E-state index is 12.5. The molecule has 0 amide bonds. The fraction of sp³-hybridized carbons (Fsp3) is 0.538. The van der Waals surface area contributed by atoms with E-state index in [0.29, 0.717) is 25.0 Å². The van der Waals surface area contributed by atoms with E-state index in [0.717, 1.165) is 18.9 Å². The van der Waals surface area contributed by atoms with E-state index in [1.807, 2.05) is 0 Å². The molecule has 0 bridgehead atoms. The Bertz CT molecular complexity index is 742. The minimum absolute atomic E-state index is 0.0147. The highest BCUT2D eigenvalue weighted by Crippen LogP contribution is 2.35. The van der Waals surface area contributed by atoms with E-state index >= 15 is 0 Å². The van der Waals surface area contributed by atoms with Crippen molar-refractivity contribution in [2.75, 3.05) is 11.9 Å². The number of halogens is 3. The molecule has 0 saturated heterocycles. The van der Waals surface area contributed by atoms with Crippen molar-refractivity contribution in [3.05, 3.63) is 28.3 Å². The first kappa shape index (κ1) is 18.5. The van der Waals surface area contributed by atoms with Crippen molar-refractivity contribution in [1.82, 2.24) is 0 Å². The van der Waals surface area contributed by atoms with E-state index in [9.17, 15) is 36.8 Å². The quantitative estimate of drug-likeness (QED) is 0.611. The number of alkyl halides is 3. The van der Waals surface area contributed by atoms with Crippen LogP contribution >= 0.6 is 0 Å². The molecule has 0 heterocycles. The largest absolute Gasteiger partial charge is 0.501 e. The first-order valence-corrected chi connectivity index (χ1v) is 8.51. The van der Waals surface area contributed by atoms with Crippen LogP contribution in [0.25, 0.3) is 0 Å². The Balaban J connectivity index is 2.32. The molecule has 24 heavy (non-hydrogen) atoms. The maximum Gasteiger partial charge on any atom is 0.501 e. The van der Waals surface area contributed by atoms with Crippen LogP contribution in [0.2, 0.25) is 0 Å². The zero-order valence-corrected chi connectivity index (χ0v) is 13.2. The van der Waals surface area contributed by atoms with Crippen molar-refractivity contribution in [2.45, 2.75) is 41.7 Å². The van der Waals surface area contributed by atoms with Crippen molar-refractivity contribution in [1.29, 1.82) is 0 Å². The number of benzene rings is 1. The molecule has 0 aromatic heterocycles. The molecule has 1 aliphatic rings. The van der Waals surface area contributed by atoms with Crippen LogP contribution in [0.4, 0.5) is 24.5 Å². The zero-order chi connectivity index (χ0) is 18.2. The van der Waals surface area contributed by atoms with Gasteiger partial charge in [-0.15, -0.1) is 0 Å². The molecule has 1 aromatic rings. The van der Waals surface area contributed by atoms with Gasteiger partial charge in [-0.05, 0) is 25.0 Å². The molecule has 1 fully saturated rings. The highest BCUT2D eigenvalue weighted by atomic mass is 32.2. The number of rotatable bonds is 5. The van der Waals surface area contributed by atoms with Gasteiger partial charge in [0.1, 0.15) is 5.69 Å². The van der Waals surface area contributed by atoms with E-state index in [4.69, 9.17) is 0 Å². The SMILES string of the molecule is O=[N+]([O-])c1cc(S(=O)(=O)C(F)(F)F)ccc1NCC1(O)CCCC1. The Morgan fingerprint density at radius 3 is 2.38 bits per heavy atom. The number of nitrogens with one attached hydrogen (secondary N) is 1. The second kappa shape index (κ2) is 6.20. The number of sulfone groups is 1. The summed E-state index contributed by atoms with van der Waals surface area (Å²) in [4.78, 5) is 8.88. The molecule has 134 valence electrons. The summed E-state index contributed by atoms with van der Waals surface area (Å²) in [6.45, 7) is -0.0147. The fourth-order valence-electron chi connectivity index (χ4n) is 2.58. The molecule has 0 radical (unpaired) electrons. The molecule has 1 aromatic carbocycles. The maximum absolute atomic E-state index is 12.5. The molecule has 7 nitrogen and oxygen atoms in total. The molecule has 0 atom stereocenters.